The molecule has 0 radical (unpaired) electrons. The van der Waals surface area contributed by atoms with Crippen molar-refractivity contribution in [3.63, 3.8) is 0 Å². The Morgan fingerprint density at radius 3 is 2.91 bits per heavy atom. The van der Waals surface area contributed by atoms with E-state index in [0.29, 0.717) is 13.1 Å². The van der Waals surface area contributed by atoms with Gasteiger partial charge in [-0.05, 0) is 30.9 Å². The number of hydrogen-bond donors (Lipinski definition) is 3. The highest BCUT2D eigenvalue weighted by Gasteiger charge is 2.24. The molecule has 1 aromatic rings. The van der Waals surface area contributed by atoms with E-state index < -0.39 is 0 Å². The highest BCUT2D eigenvalue weighted by molar-refractivity contribution is 5.80. The molecule has 0 saturated heterocycles. The van der Waals surface area contributed by atoms with Gasteiger partial charge < -0.3 is 16.4 Å². The lowest BCUT2D eigenvalue weighted by molar-refractivity contribution is -0.126. The van der Waals surface area contributed by atoms with Gasteiger partial charge in [-0.1, -0.05) is 12.5 Å². The molecule has 0 spiro atoms. The molecular weight excluding hydrogens is 280 g/mol. The standard InChI is InChI=1S/C16H24N4O2/c17-14-5-1-4-13(9-14)16(22)19-8-6-15(21)20-11-12-3-2-7-18-10-12/h2-3,7,10,13-14H,1,4-6,8-9,11,17H2,(H,19,22)(H,20,21). The van der Waals surface area contributed by atoms with Crippen molar-refractivity contribution in [2.45, 2.75) is 44.7 Å². The third-order valence-corrected chi connectivity index (χ3v) is 3.95. The minimum Gasteiger partial charge on any atom is -0.355 e. The summed E-state index contributed by atoms with van der Waals surface area (Å²) in [6.45, 7) is 0.821. The van der Waals surface area contributed by atoms with Crippen LogP contribution in [0.3, 0.4) is 0 Å². The van der Waals surface area contributed by atoms with E-state index >= 15 is 0 Å². The van der Waals surface area contributed by atoms with E-state index in [2.05, 4.69) is 15.6 Å². The second kappa shape index (κ2) is 8.48. The number of carbonyl (C=O) groups excluding carboxylic acids is 2. The molecule has 1 heterocycles. The van der Waals surface area contributed by atoms with Crippen LogP contribution >= 0.6 is 0 Å². The fraction of sp³-hybridized carbons (Fsp3) is 0.562. The van der Waals surface area contributed by atoms with Gasteiger partial charge in [0, 0.05) is 43.9 Å². The molecule has 4 N–H and O–H groups in total. The molecule has 1 fully saturated rings. The number of carbonyl (C=O) groups is 2. The summed E-state index contributed by atoms with van der Waals surface area (Å²) in [5.74, 6) is -0.0538. The number of aromatic nitrogens is 1. The maximum Gasteiger partial charge on any atom is 0.223 e. The molecule has 6 heteroatoms. The van der Waals surface area contributed by atoms with Crippen LogP contribution in [0, 0.1) is 5.92 Å². The Labute approximate surface area is 130 Å². The SMILES string of the molecule is NC1CCCC(C(=O)NCCC(=O)NCc2cccnc2)C1. The van der Waals surface area contributed by atoms with Crippen molar-refractivity contribution in [1.82, 2.24) is 15.6 Å². The summed E-state index contributed by atoms with van der Waals surface area (Å²) in [4.78, 5) is 27.7. The third kappa shape index (κ3) is 5.44. The van der Waals surface area contributed by atoms with E-state index in [4.69, 9.17) is 5.73 Å². The molecule has 22 heavy (non-hydrogen) atoms. The highest BCUT2D eigenvalue weighted by atomic mass is 16.2. The van der Waals surface area contributed by atoms with Gasteiger partial charge >= 0.3 is 0 Å². The first kappa shape index (κ1) is 16.4. The Morgan fingerprint density at radius 1 is 1.32 bits per heavy atom. The number of rotatable bonds is 6. The van der Waals surface area contributed by atoms with Gasteiger partial charge in [0.15, 0.2) is 0 Å². The van der Waals surface area contributed by atoms with E-state index in [-0.39, 0.29) is 30.2 Å². The summed E-state index contributed by atoms with van der Waals surface area (Å²) < 4.78 is 0. The van der Waals surface area contributed by atoms with Crippen molar-refractivity contribution in [3.05, 3.63) is 30.1 Å². The van der Waals surface area contributed by atoms with Crippen LogP contribution in [0.15, 0.2) is 24.5 Å². The molecule has 2 atom stereocenters. The molecular formula is C16H24N4O2. The predicted octanol–water partition coefficient (Wildman–Crippen LogP) is 0.722. The van der Waals surface area contributed by atoms with Gasteiger partial charge in [0.25, 0.3) is 0 Å². The van der Waals surface area contributed by atoms with Crippen LogP contribution in [0.1, 0.15) is 37.7 Å². The van der Waals surface area contributed by atoms with Crippen LogP contribution < -0.4 is 16.4 Å². The fourth-order valence-electron chi connectivity index (χ4n) is 2.70. The van der Waals surface area contributed by atoms with Gasteiger partial charge in [0.2, 0.25) is 11.8 Å². The van der Waals surface area contributed by atoms with Crippen molar-refractivity contribution in [3.8, 4) is 0 Å². The lowest BCUT2D eigenvalue weighted by Gasteiger charge is -2.25. The lowest BCUT2D eigenvalue weighted by Crippen LogP contribution is -2.39. The second-order valence-corrected chi connectivity index (χ2v) is 5.80. The lowest BCUT2D eigenvalue weighted by atomic mass is 9.85. The Bertz CT molecular complexity index is 492. The minimum atomic E-state index is -0.0792. The van der Waals surface area contributed by atoms with Crippen LogP contribution in [0.5, 0.6) is 0 Å². The molecule has 0 bridgehead atoms. The van der Waals surface area contributed by atoms with Gasteiger partial charge in [-0.3, -0.25) is 14.6 Å². The molecule has 1 aliphatic carbocycles. The summed E-state index contributed by atoms with van der Waals surface area (Å²) >= 11 is 0. The topological polar surface area (TPSA) is 97.1 Å². The first-order chi connectivity index (χ1) is 10.6. The number of hydrogen-bond acceptors (Lipinski definition) is 4. The Hall–Kier alpha value is -1.95. The molecule has 0 aliphatic heterocycles. The Balaban J connectivity index is 1.61. The van der Waals surface area contributed by atoms with Crippen molar-refractivity contribution in [1.29, 1.82) is 0 Å². The van der Waals surface area contributed by atoms with E-state index in [1.54, 1.807) is 12.4 Å². The molecule has 1 saturated carbocycles. The normalized spacial score (nSPS) is 21.1. The first-order valence-corrected chi connectivity index (χ1v) is 7.84. The molecule has 2 unspecified atom stereocenters. The number of amides is 2. The van der Waals surface area contributed by atoms with Crippen molar-refractivity contribution in [2.24, 2.45) is 11.7 Å². The van der Waals surface area contributed by atoms with Gasteiger partial charge in [0.1, 0.15) is 0 Å². The zero-order valence-electron chi connectivity index (χ0n) is 12.8. The van der Waals surface area contributed by atoms with E-state index in [1.165, 1.54) is 0 Å². The quantitative estimate of drug-likeness (QED) is 0.721. The van der Waals surface area contributed by atoms with E-state index in [1.807, 2.05) is 12.1 Å². The van der Waals surface area contributed by atoms with Gasteiger partial charge in [-0.25, -0.2) is 0 Å². The molecule has 2 rings (SSSR count). The summed E-state index contributed by atoms with van der Waals surface area (Å²) in [5, 5.41) is 5.64. The minimum absolute atomic E-state index is 0.00204. The van der Waals surface area contributed by atoms with Crippen molar-refractivity contribution in [2.75, 3.05) is 6.54 Å². The van der Waals surface area contributed by atoms with Crippen LogP contribution in [0.25, 0.3) is 0 Å². The van der Waals surface area contributed by atoms with E-state index in [0.717, 1.165) is 31.2 Å². The molecule has 6 nitrogen and oxygen atoms in total. The number of nitrogens with zero attached hydrogens (tertiary/aromatic N) is 1. The van der Waals surface area contributed by atoms with Crippen LogP contribution in [-0.2, 0) is 16.1 Å². The summed E-state index contributed by atoms with van der Waals surface area (Å²) in [7, 11) is 0. The zero-order valence-corrected chi connectivity index (χ0v) is 12.8. The summed E-state index contributed by atoms with van der Waals surface area (Å²) in [6, 6.07) is 3.87. The van der Waals surface area contributed by atoms with Gasteiger partial charge in [-0.15, -0.1) is 0 Å². The largest absolute Gasteiger partial charge is 0.355 e. The third-order valence-electron chi connectivity index (χ3n) is 3.95. The smallest absolute Gasteiger partial charge is 0.223 e. The van der Waals surface area contributed by atoms with Crippen LogP contribution in [0.4, 0.5) is 0 Å². The van der Waals surface area contributed by atoms with Crippen LogP contribution in [0.2, 0.25) is 0 Å². The average molecular weight is 304 g/mol. The summed E-state index contributed by atoms with van der Waals surface area (Å²) in [6.07, 6.45) is 7.34. The van der Waals surface area contributed by atoms with Gasteiger partial charge in [-0.2, -0.15) is 0 Å². The Morgan fingerprint density at radius 2 is 2.18 bits per heavy atom. The van der Waals surface area contributed by atoms with E-state index in [9.17, 15) is 9.59 Å². The van der Waals surface area contributed by atoms with Crippen molar-refractivity contribution < 1.29 is 9.59 Å². The van der Waals surface area contributed by atoms with Crippen molar-refractivity contribution >= 4 is 11.8 Å². The molecule has 1 aliphatic rings. The maximum absolute atomic E-state index is 12.0. The molecule has 120 valence electrons. The van der Waals surface area contributed by atoms with Crippen LogP contribution in [-0.4, -0.2) is 29.4 Å². The summed E-state index contributed by atoms with van der Waals surface area (Å²) in [5.41, 5.74) is 6.84. The highest BCUT2D eigenvalue weighted by Crippen LogP contribution is 2.22. The monoisotopic (exact) mass is 304 g/mol. The number of nitrogens with one attached hydrogen (secondary N) is 2. The fourth-order valence-corrected chi connectivity index (χ4v) is 2.70. The Kier molecular flexibility index (Phi) is 6.33. The zero-order chi connectivity index (χ0) is 15.8. The molecule has 0 aromatic carbocycles. The number of pyridine rings is 1. The predicted molar refractivity (Wildman–Crippen MR) is 83.6 cm³/mol. The second-order valence-electron chi connectivity index (χ2n) is 5.80. The first-order valence-electron chi connectivity index (χ1n) is 7.84. The maximum atomic E-state index is 12.0. The number of nitrogens with two attached hydrogens (primary N) is 1. The average Bonchev–Trinajstić information content (AvgIpc) is 2.54. The van der Waals surface area contributed by atoms with Gasteiger partial charge in [0.05, 0.1) is 0 Å². The molecule has 1 aromatic heterocycles. The molecule has 2 amide bonds.